The number of anilines is 1. The maximum Gasteiger partial charge on any atom is 0.253 e. The highest BCUT2D eigenvalue weighted by atomic mass is 32.2. The number of hydrogen-bond donors (Lipinski definition) is 3. The van der Waals surface area contributed by atoms with Gasteiger partial charge in [-0.15, -0.1) is 0 Å². The van der Waals surface area contributed by atoms with Gasteiger partial charge in [0.1, 0.15) is 5.03 Å². The van der Waals surface area contributed by atoms with Crippen molar-refractivity contribution in [1.29, 1.82) is 0 Å². The minimum atomic E-state index is -0.500. The highest BCUT2D eigenvalue weighted by molar-refractivity contribution is 8.00. The van der Waals surface area contributed by atoms with Crippen molar-refractivity contribution >= 4 is 29.3 Å². The summed E-state index contributed by atoms with van der Waals surface area (Å²) in [6.45, 7) is 0.252. The third-order valence-electron chi connectivity index (χ3n) is 4.39. The lowest BCUT2D eigenvalue weighted by Gasteiger charge is -2.26. The van der Waals surface area contributed by atoms with Crippen LogP contribution >= 0.6 is 11.8 Å². The molecular weight excluding hydrogens is 314 g/mol. The van der Waals surface area contributed by atoms with Gasteiger partial charge in [-0.1, -0.05) is 31.0 Å². The molecular formula is C16H21N3O3S. The summed E-state index contributed by atoms with van der Waals surface area (Å²) < 4.78 is 0. The van der Waals surface area contributed by atoms with Gasteiger partial charge in [0.25, 0.3) is 5.91 Å². The van der Waals surface area contributed by atoms with Crippen molar-refractivity contribution in [2.24, 2.45) is 5.92 Å². The Kier molecular flexibility index (Phi) is 5.17. The lowest BCUT2D eigenvalue weighted by atomic mass is 9.85. The van der Waals surface area contributed by atoms with E-state index in [4.69, 9.17) is 0 Å². The van der Waals surface area contributed by atoms with E-state index in [-0.39, 0.29) is 24.3 Å². The largest absolute Gasteiger partial charge is 0.391 e. The van der Waals surface area contributed by atoms with Crippen LogP contribution in [0.25, 0.3) is 0 Å². The Bertz CT molecular complexity index is 602. The third-order valence-corrected chi connectivity index (χ3v) is 5.40. The standard InChI is InChI=1S/C16H21N3O3S/c20-13(10-4-2-1-3-5-10)8-17-15(22)11-6-12-16(18-7-11)23-9-14(21)19-12/h6-7,10,13,20H,1-5,8-9H2,(H,17,22)(H,19,21). The molecule has 0 radical (unpaired) electrons. The number of nitrogens with zero attached hydrogens (tertiary/aromatic N) is 1. The zero-order chi connectivity index (χ0) is 16.2. The number of aliphatic hydroxyl groups excluding tert-OH is 1. The van der Waals surface area contributed by atoms with E-state index in [1.165, 1.54) is 24.4 Å². The van der Waals surface area contributed by atoms with Crippen LogP contribution in [0.4, 0.5) is 5.69 Å². The first kappa shape index (κ1) is 16.3. The fourth-order valence-corrected chi connectivity index (χ4v) is 3.82. The van der Waals surface area contributed by atoms with Crippen molar-refractivity contribution < 1.29 is 14.7 Å². The molecule has 1 fully saturated rings. The minimum absolute atomic E-state index is 0.0884. The highest BCUT2D eigenvalue weighted by Crippen LogP contribution is 2.29. The summed E-state index contributed by atoms with van der Waals surface area (Å²) in [4.78, 5) is 27.8. The summed E-state index contributed by atoms with van der Waals surface area (Å²) in [7, 11) is 0. The molecule has 0 saturated heterocycles. The van der Waals surface area contributed by atoms with Crippen LogP contribution in [0, 0.1) is 5.92 Å². The number of pyridine rings is 1. The zero-order valence-electron chi connectivity index (χ0n) is 12.9. The number of rotatable bonds is 4. The van der Waals surface area contributed by atoms with Gasteiger partial charge in [-0.25, -0.2) is 4.98 Å². The van der Waals surface area contributed by atoms with Gasteiger partial charge in [0.2, 0.25) is 5.91 Å². The van der Waals surface area contributed by atoms with Gasteiger partial charge < -0.3 is 15.7 Å². The first-order chi connectivity index (χ1) is 11.1. The molecule has 0 aromatic carbocycles. The van der Waals surface area contributed by atoms with Gasteiger partial charge in [0.15, 0.2) is 0 Å². The van der Waals surface area contributed by atoms with Gasteiger partial charge in [-0.2, -0.15) is 0 Å². The predicted octanol–water partition coefficient (Wildman–Crippen LogP) is 1.80. The number of carbonyl (C=O) groups excluding carboxylic acids is 2. The molecule has 124 valence electrons. The first-order valence-electron chi connectivity index (χ1n) is 8.02. The monoisotopic (exact) mass is 335 g/mol. The maximum atomic E-state index is 12.2. The van der Waals surface area contributed by atoms with Crippen LogP contribution in [0.2, 0.25) is 0 Å². The van der Waals surface area contributed by atoms with Crippen LogP contribution in [-0.4, -0.2) is 40.3 Å². The third kappa shape index (κ3) is 4.03. The van der Waals surface area contributed by atoms with Crippen LogP contribution in [0.5, 0.6) is 0 Å². The molecule has 1 aromatic heterocycles. The van der Waals surface area contributed by atoms with Crippen LogP contribution < -0.4 is 10.6 Å². The number of hydrogen-bond acceptors (Lipinski definition) is 5. The summed E-state index contributed by atoms with van der Waals surface area (Å²) in [5.41, 5.74) is 0.967. The summed E-state index contributed by atoms with van der Waals surface area (Å²) in [6.07, 6.45) is 6.61. The fraction of sp³-hybridized carbons (Fsp3) is 0.562. The van der Waals surface area contributed by atoms with Crippen molar-refractivity contribution in [2.75, 3.05) is 17.6 Å². The molecule has 2 aliphatic rings. The lowest BCUT2D eigenvalue weighted by molar-refractivity contribution is -0.113. The van der Waals surface area contributed by atoms with Crippen LogP contribution in [0.1, 0.15) is 42.5 Å². The minimum Gasteiger partial charge on any atom is -0.391 e. The Hall–Kier alpha value is -1.60. The van der Waals surface area contributed by atoms with E-state index >= 15 is 0 Å². The van der Waals surface area contributed by atoms with Crippen molar-refractivity contribution in [3.63, 3.8) is 0 Å². The van der Waals surface area contributed by atoms with E-state index in [2.05, 4.69) is 15.6 Å². The molecule has 1 aliphatic carbocycles. The first-order valence-corrected chi connectivity index (χ1v) is 9.01. The van der Waals surface area contributed by atoms with Gasteiger partial charge in [-0.05, 0) is 24.8 Å². The van der Waals surface area contributed by atoms with Crippen molar-refractivity contribution in [3.05, 3.63) is 17.8 Å². The molecule has 1 aromatic rings. The Morgan fingerprint density at radius 3 is 3.00 bits per heavy atom. The van der Waals surface area contributed by atoms with Gasteiger partial charge in [0.05, 0.1) is 23.1 Å². The average molecular weight is 335 g/mol. The topological polar surface area (TPSA) is 91.3 Å². The van der Waals surface area contributed by atoms with Crippen LogP contribution in [-0.2, 0) is 4.79 Å². The van der Waals surface area contributed by atoms with E-state index in [0.717, 1.165) is 30.7 Å². The fourth-order valence-electron chi connectivity index (χ4n) is 3.09. The second-order valence-electron chi connectivity index (χ2n) is 6.09. The number of aromatic nitrogens is 1. The number of fused-ring (bicyclic) bond motifs is 1. The molecule has 2 amide bonds. The summed E-state index contributed by atoms with van der Waals surface area (Å²) in [6, 6.07) is 1.63. The van der Waals surface area contributed by atoms with E-state index in [9.17, 15) is 14.7 Å². The smallest absolute Gasteiger partial charge is 0.253 e. The van der Waals surface area contributed by atoms with Crippen LogP contribution in [0.3, 0.4) is 0 Å². The predicted molar refractivity (Wildman–Crippen MR) is 88.5 cm³/mol. The lowest BCUT2D eigenvalue weighted by Crippen LogP contribution is -2.37. The molecule has 7 heteroatoms. The molecule has 0 spiro atoms. The number of amides is 2. The maximum absolute atomic E-state index is 12.2. The summed E-state index contributed by atoms with van der Waals surface area (Å²) in [5, 5.41) is 16.4. The summed E-state index contributed by atoms with van der Waals surface area (Å²) in [5.74, 6) is 0.259. The molecule has 1 aliphatic heterocycles. The van der Waals surface area contributed by atoms with Crippen LogP contribution in [0.15, 0.2) is 17.3 Å². The molecule has 1 atom stereocenters. The molecule has 1 saturated carbocycles. The molecule has 0 bridgehead atoms. The van der Waals surface area contributed by atoms with Crippen molar-refractivity contribution in [3.8, 4) is 0 Å². The zero-order valence-corrected chi connectivity index (χ0v) is 13.7. The second kappa shape index (κ2) is 7.31. The van der Waals surface area contributed by atoms with Crippen molar-refractivity contribution in [2.45, 2.75) is 43.2 Å². The number of nitrogens with one attached hydrogen (secondary N) is 2. The van der Waals surface area contributed by atoms with E-state index < -0.39 is 6.10 Å². The quantitative estimate of drug-likeness (QED) is 0.780. The normalized spacial score (nSPS) is 19.6. The van der Waals surface area contributed by atoms with E-state index in [1.54, 1.807) is 6.07 Å². The molecule has 2 heterocycles. The highest BCUT2D eigenvalue weighted by Gasteiger charge is 2.23. The van der Waals surface area contributed by atoms with E-state index in [1.807, 2.05) is 0 Å². The van der Waals surface area contributed by atoms with Crippen molar-refractivity contribution in [1.82, 2.24) is 10.3 Å². The summed E-state index contributed by atoms with van der Waals surface area (Å²) >= 11 is 1.36. The Morgan fingerprint density at radius 2 is 2.22 bits per heavy atom. The molecule has 3 N–H and O–H groups in total. The Labute approximate surface area is 139 Å². The van der Waals surface area contributed by atoms with Gasteiger partial charge in [0, 0.05) is 12.7 Å². The molecule has 3 rings (SSSR count). The van der Waals surface area contributed by atoms with Gasteiger partial charge in [-0.3, -0.25) is 9.59 Å². The Balaban J connectivity index is 1.57. The second-order valence-corrected chi connectivity index (χ2v) is 7.05. The number of carbonyl (C=O) groups is 2. The Morgan fingerprint density at radius 1 is 1.43 bits per heavy atom. The number of thioether (sulfide) groups is 1. The number of aliphatic hydroxyl groups is 1. The molecule has 6 nitrogen and oxygen atoms in total. The van der Waals surface area contributed by atoms with E-state index in [0.29, 0.717) is 17.0 Å². The molecule has 23 heavy (non-hydrogen) atoms. The SMILES string of the molecule is O=C1CSc2ncc(C(=O)NCC(O)C3CCCCC3)cc2N1. The van der Waals surface area contributed by atoms with Gasteiger partial charge >= 0.3 is 0 Å². The average Bonchev–Trinajstić information content (AvgIpc) is 2.59. The molecule has 1 unspecified atom stereocenters.